The zero-order valence-corrected chi connectivity index (χ0v) is 12.3. The third-order valence-electron chi connectivity index (χ3n) is 1.64. The van der Waals surface area contributed by atoms with Crippen molar-refractivity contribution in [1.29, 1.82) is 0 Å². The predicted octanol–water partition coefficient (Wildman–Crippen LogP) is 1.54. The van der Waals surface area contributed by atoms with Crippen molar-refractivity contribution in [2.24, 2.45) is 0 Å². The molecule has 14 heavy (non-hydrogen) atoms. The van der Waals surface area contributed by atoms with Gasteiger partial charge in [-0.25, -0.2) is 0 Å². The van der Waals surface area contributed by atoms with Gasteiger partial charge in [0.25, 0.3) is 0 Å². The fourth-order valence-electron chi connectivity index (χ4n) is 0.890. The van der Waals surface area contributed by atoms with Crippen LogP contribution in [-0.4, -0.2) is 22.9 Å². The molecule has 1 aromatic rings. The smallest absolute Gasteiger partial charge is 0.119 e. The van der Waals surface area contributed by atoms with Gasteiger partial charge < -0.3 is 14.9 Å². The Hall–Kier alpha value is -0.168. The quantitative estimate of drug-likeness (QED) is 0.778. The van der Waals surface area contributed by atoms with E-state index in [2.05, 4.69) is 0 Å². The van der Waals surface area contributed by atoms with E-state index < -0.39 is 0 Å². The summed E-state index contributed by atoms with van der Waals surface area (Å²) in [6.07, 6.45) is 0.276. The monoisotopic (exact) mass is 420 g/mol. The SMILES string of the molecule is CC(O)CCOc1ccc(O)cc1.[U]. The van der Waals surface area contributed by atoms with E-state index in [4.69, 9.17) is 14.9 Å². The van der Waals surface area contributed by atoms with Gasteiger partial charge in [0.05, 0.1) is 12.7 Å². The Kier molecular flexibility index (Phi) is 7.08. The Morgan fingerprint density at radius 2 is 1.86 bits per heavy atom. The summed E-state index contributed by atoms with van der Waals surface area (Å²) in [4.78, 5) is 0. The Morgan fingerprint density at radius 1 is 1.29 bits per heavy atom. The van der Waals surface area contributed by atoms with Crippen LogP contribution in [0.3, 0.4) is 0 Å². The second kappa shape index (κ2) is 7.17. The molecule has 3 nitrogen and oxygen atoms in total. The van der Waals surface area contributed by atoms with Crippen LogP contribution in [0.2, 0.25) is 0 Å². The number of hydrogen-bond acceptors (Lipinski definition) is 3. The number of phenolic OH excluding ortho intramolecular Hbond substituents is 1. The molecule has 0 radical (unpaired) electrons. The number of benzene rings is 1. The van der Waals surface area contributed by atoms with Gasteiger partial charge >= 0.3 is 0 Å². The molecule has 0 heterocycles. The summed E-state index contributed by atoms with van der Waals surface area (Å²) in [5, 5.41) is 17.9. The molecule has 0 fully saturated rings. The van der Waals surface area contributed by atoms with Crippen molar-refractivity contribution in [3.63, 3.8) is 0 Å². The van der Waals surface area contributed by atoms with E-state index >= 15 is 0 Å². The molecular weight excluding hydrogens is 406 g/mol. The van der Waals surface area contributed by atoms with Gasteiger partial charge in [-0.1, -0.05) is 0 Å². The molecule has 0 saturated heterocycles. The predicted molar refractivity (Wildman–Crippen MR) is 49.9 cm³/mol. The second-order valence-electron chi connectivity index (χ2n) is 2.98. The molecule has 1 rings (SSSR count). The van der Waals surface area contributed by atoms with Gasteiger partial charge in [-0.05, 0) is 31.2 Å². The zero-order chi connectivity index (χ0) is 9.68. The van der Waals surface area contributed by atoms with Crippen LogP contribution >= 0.6 is 0 Å². The van der Waals surface area contributed by atoms with Gasteiger partial charge in [0.1, 0.15) is 11.5 Å². The maximum absolute atomic E-state index is 8.97. The van der Waals surface area contributed by atoms with Crippen LogP contribution in [-0.2, 0) is 0 Å². The first-order valence-corrected chi connectivity index (χ1v) is 4.28. The summed E-state index contributed by atoms with van der Waals surface area (Å²) >= 11 is 0. The molecule has 1 unspecified atom stereocenters. The number of aliphatic hydroxyl groups excluding tert-OH is 1. The third-order valence-corrected chi connectivity index (χ3v) is 1.64. The fraction of sp³-hybridized carbons (Fsp3) is 0.400. The van der Waals surface area contributed by atoms with Crippen molar-refractivity contribution < 1.29 is 46.1 Å². The summed E-state index contributed by atoms with van der Waals surface area (Å²) in [5.41, 5.74) is 0. The molecule has 0 bridgehead atoms. The van der Waals surface area contributed by atoms with Gasteiger partial charge in [-0.3, -0.25) is 0 Å². The zero-order valence-electron chi connectivity index (χ0n) is 8.10. The molecule has 1 aromatic carbocycles. The minimum absolute atomic E-state index is 0. The summed E-state index contributed by atoms with van der Waals surface area (Å²) in [7, 11) is 0. The first-order valence-electron chi connectivity index (χ1n) is 4.28. The van der Waals surface area contributed by atoms with Gasteiger partial charge in [-0.2, -0.15) is 0 Å². The Bertz CT molecular complexity index is 246. The second-order valence-corrected chi connectivity index (χ2v) is 2.98. The van der Waals surface area contributed by atoms with Crippen LogP contribution in [0.1, 0.15) is 13.3 Å². The molecule has 0 aliphatic rings. The first-order chi connectivity index (χ1) is 6.18. The summed E-state index contributed by atoms with van der Waals surface area (Å²) in [6.45, 7) is 2.21. The van der Waals surface area contributed by atoms with Gasteiger partial charge in [0, 0.05) is 37.5 Å². The van der Waals surface area contributed by atoms with E-state index in [-0.39, 0.29) is 43.0 Å². The third kappa shape index (κ3) is 5.54. The molecule has 2 N–H and O–H groups in total. The molecule has 76 valence electrons. The van der Waals surface area contributed by atoms with E-state index in [1.54, 1.807) is 31.2 Å². The Morgan fingerprint density at radius 3 is 2.36 bits per heavy atom. The summed E-state index contributed by atoms with van der Waals surface area (Å²) in [6, 6.07) is 6.52. The standard InChI is InChI=1S/C10H14O3.U/c1-8(11)6-7-13-10-4-2-9(12)3-5-10;/h2-5,8,11-12H,6-7H2,1H3;. The van der Waals surface area contributed by atoms with Crippen molar-refractivity contribution >= 4 is 0 Å². The van der Waals surface area contributed by atoms with Gasteiger partial charge in [-0.15, -0.1) is 0 Å². The van der Waals surface area contributed by atoms with Crippen molar-refractivity contribution in [1.82, 2.24) is 0 Å². The van der Waals surface area contributed by atoms with Crippen LogP contribution in [0.4, 0.5) is 0 Å². The summed E-state index contributed by atoms with van der Waals surface area (Å²) in [5.74, 6) is 0.932. The van der Waals surface area contributed by atoms with Crippen molar-refractivity contribution in [2.75, 3.05) is 6.61 Å². The Balaban J connectivity index is 0.00000169. The molecule has 4 heteroatoms. The van der Waals surface area contributed by atoms with Crippen LogP contribution in [0.5, 0.6) is 11.5 Å². The van der Waals surface area contributed by atoms with Crippen LogP contribution < -0.4 is 4.74 Å². The number of aromatic hydroxyl groups is 1. The molecule has 1 atom stereocenters. The number of ether oxygens (including phenoxy) is 1. The number of rotatable bonds is 4. The average molecular weight is 420 g/mol. The maximum atomic E-state index is 8.97. The fourth-order valence-corrected chi connectivity index (χ4v) is 0.890. The normalized spacial score (nSPS) is 11.6. The molecule has 0 aromatic heterocycles. The number of aliphatic hydroxyl groups is 1. The van der Waals surface area contributed by atoms with E-state index in [1.165, 1.54) is 0 Å². The topological polar surface area (TPSA) is 49.7 Å². The van der Waals surface area contributed by atoms with Crippen molar-refractivity contribution in [2.45, 2.75) is 19.4 Å². The largest absolute Gasteiger partial charge is 0.508 e. The van der Waals surface area contributed by atoms with Crippen molar-refractivity contribution in [3.05, 3.63) is 24.3 Å². The minimum atomic E-state index is -0.336. The maximum Gasteiger partial charge on any atom is 0.119 e. The molecule has 0 aliphatic heterocycles. The molecular formula is C10H14O3U. The van der Waals surface area contributed by atoms with E-state index in [9.17, 15) is 0 Å². The van der Waals surface area contributed by atoms with E-state index in [0.29, 0.717) is 18.8 Å². The van der Waals surface area contributed by atoms with Crippen molar-refractivity contribution in [3.8, 4) is 11.5 Å². The minimum Gasteiger partial charge on any atom is -0.508 e. The molecule has 0 saturated carbocycles. The van der Waals surface area contributed by atoms with E-state index in [1.807, 2.05) is 0 Å². The molecule has 0 spiro atoms. The van der Waals surface area contributed by atoms with Crippen LogP contribution in [0, 0.1) is 31.1 Å². The summed E-state index contributed by atoms with van der Waals surface area (Å²) < 4.78 is 5.30. The average Bonchev–Trinajstić information content (AvgIpc) is 2.08. The van der Waals surface area contributed by atoms with E-state index in [0.717, 1.165) is 0 Å². The molecule has 0 amide bonds. The Labute approximate surface area is 107 Å². The number of hydrogen-bond donors (Lipinski definition) is 2. The van der Waals surface area contributed by atoms with Gasteiger partial charge in [0.2, 0.25) is 0 Å². The number of phenols is 1. The van der Waals surface area contributed by atoms with Gasteiger partial charge in [0.15, 0.2) is 0 Å². The van der Waals surface area contributed by atoms with Crippen LogP contribution in [0.25, 0.3) is 0 Å². The van der Waals surface area contributed by atoms with Crippen LogP contribution in [0.15, 0.2) is 24.3 Å². The first kappa shape index (κ1) is 13.8. The molecule has 0 aliphatic carbocycles.